The number of carboxylic acids is 1. The van der Waals surface area contributed by atoms with Gasteiger partial charge < -0.3 is 9.84 Å². The fourth-order valence-electron chi connectivity index (χ4n) is 7.08. The molecular weight excluding hydrogens is 669 g/mol. The monoisotopic (exact) mass is 704 g/mol. The molecule has 9 nitrogen and oxygen atoms in total. The predicted octanol–water partition coefficient (Wildman–Crippen LogP) is 7.16. The number of fused-ring (bicyclic) bond motifs is 2. The smallest absolute Gasteiger partial charge is 0.491 e. The minimum Gasteiger partial charge on any atom is -0.491 e. The zero-order valence-electron chi connectivity index (χ0n) is 27.0. The van der Waals surface area contributed by atoms with Crippen LogP contribution in [0.25, 0.3) is 21.3 Å². The number of halogens is 4. The number of hydrogen-bond acceptors (Lipinski definition) is 8. The van der Waals surface area contributed by atoms with E-state index in [1.165, 1.54) is 11.3 Å². The first-order valence-electron chi connectivity index (χ1n) is 15.8. The SMILES string of the molecule is Cc1cc(-c2cc(Cl)ccc2OCCn2c(C)nc3c(c2=O)C[C@H](N2CCC(OC(F)(F)F)CC2)CC3(C)C)c2scc(C(=O)O)c2n1. The molecule has 4 aromatic rings. The third-order valence-electron chi connectivity index (χ3n) is 9.26. The minimum atomic E-state index is -4.65. The second-order valence-corrected chi connectivity index (χ2v) is 14.4. The lowest BCUT2D eigenvalue weighted by molar-refractivity contribution is -0.346. The van der Waals surface area contributed by atoms with Gasteiger partial charge in [-0.3, -0.25) is 24.0 Å². The first kappa shape index (κ1) is 34.3. The molecule has 0 unspecified atom stereocenters. The fourth-order valence-corrected chi connectivity index (χ4v) is 8.26. The summed E-state index contributed by atoms with van der Waals surface area (Å²) >= 11 is 7.69. The van der Waals surface area contributed by atoms with Crippen molar-refractivity contribution in [1.29, 1.82) is 0 Å². The van der Waals surface area contributed by atoms with Crippen molar-refractivity contribution in [2.45, 2.75) is 83.8 Å². The molecule has 1 aliphatic heterocycles. The fraction of sp³-hybridized carbons (Fsp3) is 0.471. The lowest BCUT2D eigenvalue weighted by Gasteiger charge is -2.44. The molecule has 4 heterocycles. The number of carbonyl (C=O) groups is 1. The summed E-state index contributed by atoms with van der Waals surface area (Å²) in [7, 11) is 0. The maximum atomic E-state index is 14.0. The first-order valence-corrected chi connectivity index (χ1v) is 17.0. The van der Waals surface area contributed by atoms with Gasteiger partial charge in [-0.1, -0.05) is 25.4 Å². The molecule has 0 spiro atoms. The van der Waals surface area contributed by atoms with E-state index in [0.29, 0.717) is 63.1 Å². The highest BCUT2D eigenvalue weighted by atomic mass is 35.5. The van der Waals surface area contributed by atoms with Gasteiger partial charge in [-0.25, -0.2) is 9.78 Å². The molecule has 3 aromatic heterocycles. The highest BCUT2D eigenvalue weighted by molar-refractivity contribution is 7.18. The van der Waals surface area contributed by atoms with Gasteiger partial charge in [-0.05, 0) is 63.8 Å². The number of aromatic carboxylic acids is 1. The van der Waals surface area contributed by atoms with Gasteiger partial charge in [-0.2, -0.15) is 0 Å². The number of thiophene rings is 1. The Morgan fingerprint density at radius 1 is 1.15 bits per heavy atom. The molecular formula is C34H36ClF3N4O5S. The Labute approximate surface area is 284 Å². The minimum absolute atomic E-state index is 0.00239. The average Bonchev–Trinajstić information content (AvgIpc) is 3.43. The van der Waals surface area contributed by atoms with Crippen LogP contribution in [-0.2, 0) is 23.1 Å². The normalized spacial score (nSPS) is 18.6. The summed E-state index contributed by atoms with van der Waals surface area (Å²) in [5.41, 5.74) is 3.46. The molecule has 0 bridgehead atoms. The molecule has 14 heteroatoms. The van der Waals surface area contributed by atoms with Crippen LogP contribution >= 0.6 is 22.9 Å². The number of nitrogens with zero attached hydrogens (tertiary/aromatic N) is 4. The number of pyridine rings is 1. The molecule has 6 rings (SSSR count). The number of likely N-dealkylation sites (tertiary alicyclic amines) is 1. The zero-order chi connectivity index (χ0) is 34.5. The molecule has 1 N–H and O–H groups in total. The summed E-state index contributed by atoms with van der Waals surface area (Å²) in [4.78, 5) is 37.4. The number of hydrogen-bond donors (Lipinski definition) is 1. The summed E-state index contributed by atoms with van der Waals surface area (Å²) in [5, 5.41) is 11.7. The molecule has 256 valence electrons. The molecule has 48 heavy (non-hydrogen) atoms. The number of ether oxygens (including phenoxy) is 2. The second-order valence-electron chi connectivity index (χ2n) is 13.1. The van der Waals surface area contributed by atoms with Crippen molar-refractivity contribution in [3.63, 3.8) is 0 Å². The van der Waals surface area contributed by atoms with Crippen molar-refractivity contribution >= 4 is 39.1 Å². The topological polar surface area (TPSA) is 107 Å². The van der Waals surface area contributed by atoms with Crippen LogP contribution in [0.3, 0.4) is 0 Å². The molecule has 0 radical (unpaired) electrons. The summed E-state index contributed by atoms with van der Waals surface area (Å²) in [6.45, 7) is 9.02. The number of aryl methyl sites for hydroxylation is 2. The summed E-state index contributed by atoms with van der Waals surface area (Å²) in [5.74, 6) is 0.0380. The van der Waals surface area contributed by atoms with Gasteiger partial charge in [-0.15, -0.1) is 24.5 Å². The lowest BCUT2D eigenvalue weighted by atomic mass is 9.73. The summed E-state index contributed by atoms with van der Waals surface area (Å²) in [6, 6.07) is 7.10. The van der Waals surface area contributed by atoms with Crippen LogP contribution in [-0.4, -0.2) is 68.7 Å². The van der Waals surface area contributed by atoms with E-state index in [9.17, 15) is 27.9 Å². The van der Waals surface area contributed by atoms with E-state index < -0.39 is 23.9 Å². The molecule has 0 saturated carbocycles. The van der Waals surface area contributed by atoms with Crippen LogP contribution in [0.5, 0.6) is 5.75 Å². The highest BCUT2D eigenvalue weighted by Crippen LogP contribution is 2.41. The molecule has 1 aliphatic carbocycles. The molecule has 0 amide bonds. The van der Waals surface area contributed by atoms with E-state index in [4.69, 9.17) is 21.3 Å². The maximum absolute atomic E-state index is 14.0. The highest BCUT2D eigenvalue weighted by Gasteiger charge is 2.41. The lowest BCUT2D eigenvalue weighted by Crippen LogP contribution is -2.51. The van der Waals surface area contributed by atoms with Gasteiger partial charge in [0.2, 0.25) is 0 Å². The van der Waals surface area contributed by atoms with Crippen LogP contribution in [0, 0.1) is 13.8 Å². The van der Waals surface area contributed by atoms with Gasteiger partial charge in [0.1, 0.15) is 18.2 Å². The van der Waals surface area contributed by atoms with Crippen molar-refractivity contribution in [3.05, 3.63) is 73.4 Å². The number of benzene rings is 1. The second kappa shape index (κ2) is 13.1. The molecule has 1 atom stereocenters. The third-order valence-corrected chi connectivity index (χ3v) is 10.5. The number of carboxylic acid groups (broad SMARTS) is 1. The Balaban J connectivity index is 1.23. The van der Waals surface area contributed by atoms with E-state index in [2.05, 4.69) is 28.5 Å². The third kappa shape index (κ3) is 6.96. The Bertz CT molecular complexity index is 1930. The van der Waals surface area contributed by atoms with E-state index in [-0.39, 0.29) is 43.2 Å². The molecule has 1 fully saturated rings. The largest absolute Gasteiger partial charge is 0.522 e. The van der Waals surface area contributed by atoms with Crippen LogP contribution in [0.15, 0.2) is 34.4 Å². The van der Waals surface area contributed by atoms with Crippen LogP contribution in [0.1, 0.15) is 66.2 Å². The van der Waals surface area contributed by atoms with Gasteiger partial charge in [0.25, 0.3) is 5.56 Å². The van der Waals surface area contributed by atoms with Crippen molar-refractivity contribution in [3.8, 4) is 16.9 Å². The first-order chi connectivity index (χ1) is 22.6. The Kier molecular flexibility index (Phi) is 9.35. The zero-order valence-corrected chi connectivity index (χ0v) is 28.6. The molecule has 2 aliphatic rings. The summed E-state index contributed by atoms with van der Waals surface area (Å²) < 4.78 is 51.1. The number of aromatic nitrogens is 3. The number of alkyl halides is 3. The molecule has 1 saturated heterocycles. The number of rotatable bonds is 8. The van der Waals surface area contributed by atoms with Crippen molar-refractivity contribution in [2.24, 2.45) is 0 Å². The van der Waals surface area contributed by atoms with E-state index in [1.54, 1.807) is 42.0 Å². The predicted molar refractivity (Wildman–Crippen MR) is 177 cm³/mol. The van der Waals surface area contributed by atoms with E-state index >= 15 is 0 Å². The standard InChI is InChI=1S/C34H36ClF3N4O5S/c1-18-13-24(29-28(39-18)26(17-48-29)32(44)45)23-14-20(35)5-6-27(23)46-12-11-42-19(2)40-30-25(31(42)43)15-21(16-33(30,3)4)41-9-7-22(8-10-41)47-34(36,37)38/h5-6,13-14,17,21-22H,7-12,15-16H2,1-4H3,(H,44,45)/t21-/m0/s1. The van der Waals surface area contributed by atoms with Crippen molar-refractivity contribution in [2.75, 3.05) is 19.7 Å². The van der Waals surface area contributed by atoms with E-state index in [1.807, 2.05) is 6.07 Å². The van der Waals surface area contributed by atoms with Crippen molar-refractivity contribution < 1.29 is 32.5 Å². The molecule has 1 aromatic carbocycles. The number of piperidine rings is 1. The summed E-state index contributed by atoms with van der Waals surface area (Å²) in [6.07, 6.45) is -3.73. The Hall–Kier alpha value is -3.52. The Morgan fingerprint density at radius 3 is 2.56 bits per heavy atom. The van der Waals surface area contributed by atoms with Gasteiger partial charge in [0, 0.05) is 57.3 Å². The Morgan fingerprint density at radius 2 is 1.88 bits per heavy atom. The van der Waals surface area contributed by atoms with Crippen LogP contribution in [0.4, 0.5) is 13.2 Å². The quantitative estimate of drug-likeness (QED) is 0.206. The van der Waals surface area contributed by atoms with Crippen LogP contribution in [0.2, 0.25) is 5.02 Å². The maximum Gasteiger partial charge on any atom is 0.522 e. The van der Waals surface area contributed by atoms with Gasteiger partial charge >= 0.3 is 12.3 Å². The van der Waals surface area contributed by atoms with Crippen molar-refractivity contribution in [1.82, 2.24) is 19.4 Å². The van der Waals surface area contributed by atoms with Crippen LogP contribution < -0.4 is 10.3 Å². The van der Waals surface area contributed by atoms with Gasteiger partial charge in [0.05, 0.1) is 34.1 Å². The van der Waals surface area contributed by atoms with E-state index in [0.717, 1.165) is 17.7 Å². The average molecular weight is 705 g/mol. The van der Waals surface area contributed by atoms with Gasteiger partial charge in [0.15, 0.2) is 0 Å².